The highest BCUT2D eigenvalue weighted by Gasteiger charge is 2.28. The Bertz CT molecular complexity index is 2060. The van der Waals surface area contributed by atoms with Crippen LogP contribution in [0.1, 0.15) is 49.2 Å². The SMILES string of the molecule is COC(=O)C1CCC(CN(C)Cc2ncc(-c3cccc(-c4cccc(Nc5nc(C(F)F)nc6cc(Br)cnc56)c4C)c3Cl)nc2OC)CC1. The molecule has 14 heteroatoms. The summed E-state index contributed by atoms with van der Waals surface area (Å²) < 4.78 is 38.7. The molecule has 0 unspecified atom stereocenters. The minimum Gasteiger partial charge on any atom is -0.480 e. The van der Waals surface area contributed by atoms with E-state index < -0.39 is 12.2 Å². The van der Waals surface area contributed by atoms with Gasteiger partial charge in [0.1, 0.15) is 11.2 Å². The van der Waals surface area contributed by atoms with Crippen molar-refractivity contribution in [3.05, 3.63) is 81.4 Å². The van der Waals surface area contributed by atoms with Crippen LogP contribution in [0.2, 0.25) is 5.02 Å². The van der Waals surface area contributed by atoms with E-state index in [-0.39, 0.29) is 23.2 Å². The first-order valence-electron chi connectivity index (χ1n) is 16.5. The van der Waals surface area contributed by atoms with E-state index in [1.165, 1.54) is 7.11 Å². The van der Waals surface area contributed by atoms with Gasteiger partial charge >= 0.3 is 5.97 Å². The highest BCUT2D eigenvalue weighted by molar-refractivity contribution is 9.10. The van der Waals surface area contributed by atoms with Crippen molar-refractivity contribution in [3.63, 3.8) is 0 Å². The van der Waals surface area contributed by atoms with Gasteiger partial charge in [-0.1, -0.05) is 41.9 Å². The Hall–Kier alpha value is -4.33. The van der Waals surface area contributed by atoms with Crippen LogP contribution in [-0.4, -0.2) is 63.6 Å². The molecule has 0 atom stereocenters. The Morgan fingerprint density at radius 1 is 1.02 bits per heavy atom. The van der Waals surface area contributed by atoms with Gasteiger partial charge in [0.25, 0.3) is 6.43 Å². The first-order chi connectivity index (χ1) is 24.6. The van der Waals surface area contributed by atoms with E-state index in [9.17, 15) is 13.6 Å². The number of hydrogen-bond donors (Lipinski definition) is 1. The number of nitrogens with one attached hydrogen (secondary N) is 1. The first kappa shape index (κ1) is 36.5. The zero-order valence-electron chi connectivity index (χ0n) is 28.6. The molecule has 0 amide bonds. The average Bonchev–Trinajstić information content (AvgIpc) is 3.12. The smallest absolute Gasteiger partial charge is 0.308 e. The highest BCUT2D eigenvalue weighted by atomic mass is 79.9. The van der Waals surface area contributed by atoms with Crippen molar-refractivity contribution >= 4 is 56.0 Å². The van der Waals surface area contributed by atoms with Crippen LogP contribution in [0.15, 0.2) is 59.3 Å². The summed E-state index contributed by atoms with van der Waals surface area (Å²) in [4.78, 5) is 36.1. The first-order valence-corrected chi connectivity index (χ1v) is 17.7. The van der Waals surface area contributed by atoms with E-state index in [1.54, 1.807) is 25.6 Å². The molecule has 0 bridgehead atoms. The van der Waals surface area contributed by atoms with Crippen molar-refractivity contribution in [2.45, 2.75) is 45.6 Å². The summed E-state index contributed by atoms with van der Waals surface area (Å²) in [6, 6.07) is 13.0. The number of fused-ring (bicyclic) bond motifs is 1. The lowest BCUT2D eigenvalue weighted by Gasteiger charge is -2.30. The second-order valence-corrected chi connectivity index (χ2v) is 14.0. The molecule has 1 aliphatic rings. The number of halogens is 4. The van der Waals surface area contributed by atoms with Crippen molar-refractivity contribution in [1.82, 2.24) is 29.8 Å². The van der Waals surface area contributed by atoms with Crippen LogP contribution in [-0.2, 0) is 16.1 Å². The molecule has 3 heterocycles. The lowest BCUT2D eigenvalue weighted by Crippen LogP contribution is -2.30. The topological polar surface area (TPSA) is 115 Å². The van der Waals surface area contributed by atoms with Crippen LogP contribution in [0.25, 0.3) is 33.4 Å². The number of methoxy groups -OCH3 is 2. The molecule has 0 aliphatic heterocycles. The number of ether oxygens (including phenoxy) is 2. The number of hydrogen-bond acceptors (Lipinski definition) is 10. The molecule has 1 fully saturated rings. The van der Waals surface area contributed by atoms with Crippen molar-refractivity contribution in [1.29, 1.82) is 0 Å². The Kier molecular flexibility index (Phi) is 11.4. The number of anilines is 2. The van der Waals surface area contributed by atoms with Crippen LogP contribution in [0.3, 0.4) is 0 Å². The molecule has 3 aromatic heterocycles. The maximum atomic E-state index is 13.7. The summed E-state index contributed by atoms with van der Waals surface area (Å²) >= 11 is 10.4. The Morgan fingerprint density at radius 2 is 1.75 bits per heavy atom. The van der Waals surface area contributed by atoms with Gasteiger partial charge in [0.05, 0.1) is 42.6 Å². The summed E-state index contributed by atoms with van der Waals surface area (Å²) in [5.74, 6) is 0.366. The molecular formula is C37H37BrClF2N7O3. The minimum atomic E-state index is -2.86. The fraction of sp³-hybridized carbons (Fsp3) is 0.351. The maximum absolute atomic E-state index is 13.7. The molecule has 6 rings (SSSR count). The monoisotopic (exact) mass is 779 g/mol. The molecule has 51 heavy (non-hydrogen) atoms. The summed E-state index contributed by atoms with van der Waals surface area (Å²) in [5, 5.41) is 3.68. The molecule has 1 aliphatic carbocycles. The summed E-state index contributed by atoms with van der Waals surface area (Å²) in [6.07, 6.45) is 4.06. The van der Waals surface area contributed by atoms with Gasteiger partial charge in [0.2, 0.25) is 5.88 Å². The molecule has 266 valence electrons. The van der Waals surface area contributed by atoms with E-state index in [1.807, 2.05) is 50.4 Å². The largest absolute Gasteiger partial charge is 0.480 e. The van der Waals surface area contributed by atoms with E-state index in [0.717, 1.165) is 48.9 Å². The third-order valence-corrected chi connectivity index (χ3v) is 10.1. The second-order valence-electron chi connectivity index (χ2n) is 12.7. The van der Waals surface area contributed by atoms with E-state index in [4.69, 9.17) is 31.0 Å². The average molecular weight is 781 g/mol. The summed E-state index contributed by atoms with van der Waals surface area (Å²) in [6.45, 7) is 3.34. The molecule has 0 saturated heterocycles. The number of alkyl halides is 2. The van der Waals surface area contributed by atoms with Gasteiger partial charge in [-0.05, 0) is 84.8 Å². The van der Waals surface area contributed by atoms with Crippen molar-refractivity contribution in [3.8, 4) is 28.3 Å². The van der Waals surface area contributed by atoms with Crippen LogP contribution in [0.5, 0.6) is 5.88 Å². The third-order valence-electron chi connectivity index (χ3n) is 9.24. The highest BCUT2D eigenvalue weighted by Crippen LogP contribution is 2.40. The standard InChI is InChI=1S/C37H37BrClF2N7O3/c1-20-24(7-6-10-27(20)44-34-32-28(15-23(38)16-43-32)45-35(47-34)33(40)41)25-8-5-9-26(31(25)39)29-17-42-30(36(46-29)50-3)19-48(2)18-21-11-13-22(14-12-21)37(49)51-4/h5-10,15-17,21-22,33H,11-14,18-19H2,1-4H3,(H,44,45,47). The fourth-order valence-electron chi connectivity index (χ4n) is 6.63. The van der Waals surface area contributed by atoms with Gasteiger partial charge in [-0.3, -0.25) is 9.78 Å². The van der Waals surface area contributed by atoms with Gasteiger partial charge < -0.3 is 19.7 Å². The van der Waals surface area contributed by atoms with Crippen LogP contribution in [0.4, 0.5) is 20.3 Å². The van der Waals surface area contributed by atoms with Gasteiger partial charge in [0.15, 0.2) is 11.6 Å². The Balaban J connectivity index is 1.23. The summed E-state index contributed by atoms with van der Waals surface area (Å²) in [7, 11) is 5.07. The van der Waals surface area contributed by atoms with E-state index in [0.29, 0.717) is 56.0 Å². The van der Waals surface area contributed by atoms with Crippen LogP contribution < -0.4 is 10.1 Å². The number of pyridine rings is 1. The number of carbonyl (C=O) groups is 1. The number of nitrogens with zero attached hydrogens (tertiary/aromatic N) is 6. The van der Waals surface area contributed by atoms with Crippen LogP contribution >= 0.6 is 27.5 Å². The lowest BCUT2D eigenvalue weighted by molar-refractivity contribution is -0.146. The lowest BCUT2D eigenvalue weighted by atomic mass is 9.82. The normalized spacial score (nSPS) is 16.1. The molecular weight excluding hydrogens is 744 g/mol. The predicted octanol–water partition coefficient (Wildman–Crippen LogP) is 8.97. The summed E-state index contributed by atoms with van der Waals surface area (Å²) in [5.41, 5.74) is 5.64. The molecule has 0 radical (unpaired) electrons. The quantitative estimate of drug-likeness (QED) is 0.130. The van der Waals surface area contributed by atoms with Gasteiger partial charge in [-0.15, -0.1) is 0 Å². The number of rotatable bonds is 11. The maximum Gasteiger partial charge on any atom is 0.308 e. The Morgan fingerprint density at radius 3 is 2.47 bits per heavy atom. The number of carbonyl (C=O) groups excluding carboxylic acids is 1. The minimum absolute atomic E-state index is 0.000753. The van der Waals surface area contributed by atoms with E-state index >= 15 is 0 Å². The number of benzene rings is 2. The van der Waals surface area contributed by atoms with Crippen LogP contribution in [0, 0.1) is 18.8 Å². The van der Waals surface area contributed by atoms with Crippen molar-refractivity contribution < 1.29 is 23.0 Å². The molecule has 5 aromatic rings. The Labute approximate surface area is 308 Å². The zero-order chi connectivity index (χ0) is 36.2. The molecule has 10 nitrogen and oxygen atoms in total. The van der Waals surface area contributed by atoms with Gasteiger partial charge in [0, 0.05) is 40.6 Å². The molecule has 1 N–H and O–H groups in total. The molecule has 2 aromatic carbocycles. The third kappa shape index (κ3) is 8.10. The predicted molar refractivity (Wildman–Crippen MR) is 196 cm³/mol. The van der Waals surface area contributed by atoms with Crippen molar-refractivity contribution in [2.75, 3.05) is 33.1 Å². The van der Waals surface area contributed by atoms with Crippen molar-refractivity contribution in [2.24, 2.45) is 11.8 Å². The molecule has 1 saturated carbocycles. The van der Waals surface area contributed by atoms with Gasteiger partial charge in [-0.25, -0.2) is 28.7 Å². The fourth-order valence-corrected chi connectivity index (χ4v) is 7.28. The second kappa shape index (κ2) is 15.9. The number of esters is 1. The van der Waals surface area contributed by atoms with Gasteiger partial charge in [-0.2, -0.15) is 0 Å². The molecule has 0 spiro atoms. The number of aromatic nitrogens is 5. The zero-order valence-corrected chi connectivity index (χ0v) is 30.9. The van der Waals surface area contributed by atoms with E-state index in [2.05, 4.69) is 41.1 Å².